The molecule has 0 fully saturated rings. The summed E-state index contributed by atoms with van der Waals surface area (Å²) in [4.78, 5) is 5.63. The van der Waals surface area contributed by atoms with Gasteiger partial charge >= 0.3 is 0 Å². The zero-order valence-electron chi connectivity index (χ0n) is 14.9. The smallest absolute Gasteiger partial charge is 0.136 e. The van der Waals surface area contributed by atoms with Gasteiger partial charge in [-0.2, -0.15) is 0 Å². The van der Waals surface area contributed by atoms with Crippen LogP contribution in [0.1, 0.15) is 4.88 Å². The lowest BCUT2D eigenvalue weighted by Gasteiger charge is -1.98. The fourth-order valence-corrected chi connectivity index (χ4v) is 5.93. The van der Waals surface area contributed by atoms with Crippen LogP contribution in [0.3, 0.4) is 0 Å². The van der Waals surface area contributed by atoms with Crippen LogP contribution in [0, 0.1) is 5.41 Å². The third-order valence-electron chi connectivity index (χ3n) is 4.56. The second-order valence-electron chi connectivity index (χ2n) is 6.28. The molecule has 3 aromatic heterocycles. The van der Waals surface area contributed by atoms with Gasteiger partial charge in [-0.3, -0.25) is 5.41 Å². The van der Waals surface area contributed by atoms with E-state index in [1.54, 1.807) is 23.1 Å². The minimum absolute atomic E-state index is 0.0960. The van der Waals surface area contributed by atoms with E-state index >= 15 is 0 Å². The van der Waals surface area contributed by atoms with Crippen molar-refractivity contribution in [2.24, 2.45) is 5.73 Å². The SMILES string of the molecule is CSc1sc(C(=N)N)cc1-c1nc(-c2ccc3c(c2)oc2ccccc23)cs1. The van der Waals surface area contributed by atoms with Crippen LogP contribution in [0.15, 0.2) is 62.5 Å². The van der Waals surface area contributed by atoms with Gasteiger partial charge in [0.2, 0.25) is 0 Å². The van der Waals surface area contributed by atoms with E-state index in [1.807, 2.05) is 30.5 Å². The normalized spacial score (nSPS) is 11.5. The van der Waals surface area contributed by atoms with Gasteiger partial charge in [-0.25, -0.2) is 4.98 Å². The average Bonchev–Trinajstić information content (AvgIpc) is 3.42. The Balaban J connectivity index is 1.58. The highest BCUT2D eigenvalue weighted by Crippen LogP contribution is 2.40. The second-order valence-corrected chi connectivity index (χ2v) is 9.26. The summed E-state index contributed by atoms with van der Waals surface area (Å²) in [7, 11) is 0. The molecule has 3 heterocycles. The first kappa shape index (κ1) is 17.5. The number of thioether (sulfide) groups is 1. The summed E-state index contributed by atoms with van der Waals surface area (Å²) in [5, 5.41) is 12.9. The highest BCUT2D eigenvalue weighted by atomic mass is 32.2. The number of benzene rings is 2. The Morgan fingerprint density at radius 2 is 1.93 bits per heavy atom. The maximum absolute atomic E-state index is 7.70. The Bertz CT molecular complexity index is 1350. The van der Waals surface area contributed by atoms with Crippen molar-refractivity contribution in [3.8, 4) is 21.8 Å². The van der Waals surface area contributed by atoms with Gasteiger partial charge < -0.3 is 10.2 Å². The zero-order valence-corrected chi connectivity index (χ0v) is 17.3. The highest BCUT2D eigenvalue weighted by molar-refractivity contribution is 8.00. The molecular formula is C21H15N3OS3. The Hall–Kier alpha value is -2.61. The summed E-state index contributed by atoms with van der Waals surface area (Å²) in [5.74, 6) is 0.0960. The summed E-state index contributed by atoms with van der Waals surface area (Å²) in [5.41, 5.74) is 10.4. The van der Waals surface area contributed by atoms with Gasteiger partial charge in [0, 0.05) is 27.3 Å². The van der Waals surface area contributed by atoms with Crippen LogP contribution in [0.4, 0.5) is 0 Å². The predicted molar refractivity (Wildman–Crippen MR) is 121 cm³/mol. The van der Waals surface area contributed by atoms with E-state index in [0.29, 0.717) is 0 Å². The van der Waals surface area contributed by atoms with E-state index in [1.165, 1.54) is 11.3 Å². The van der Waals surface area contributed by atoms with E-state index in [2.05, 4.69) is 29.6 Å². The number of hydrogen-bond donors (Lipinski definition) is 2. The number of furan rings is 1. The molecule has 4 nitrogen and oxygen atoms in total. The van der Waals surface area contributed by atoms with Gasteiger partial charge in [0.05, 0.1) is 14.8 Å². The molecule has 0 saturated heterocycles. The van der Waals surface area contributed by atoms with Crippen molar-refractivity contribution in [3.05, 3.63) is 58.8 Å². The predicted octanol–water partition coefficient (Wildman–Crippen LogP) is 6.44. The molecule has 0 aliphatic rings. The molecule has 0 bridgehead atoms. The summed E-state index contributed by atoms with van der Waals surface area (Å²) in [6.07, 6.45) is 2.03. The lowest BCUT2D eigenvalue weighted by molar-refractivity contribution is 0.669. The number of rotatable bonds is 4. The molecule has 0 atom stereocenters. The number of thiazole rings is 1. The van der Waals surface area contributed by atoms with Gasteiger partial charge in [-0.1, -0.05) is 24.3 Å². The highest BCUT2D eigenvalue weighted by Gasteiger charge is 2.16. The number of thiophene rings is 1. The fourth-order valence-electron chi connectivity index (χ4n) is 3.22. The minimum atomic E-state index is 0.0960. The lowest BCUT2D eigenvalue weighted by atomic mass is 10.1. The van der Waals surface area contributed by atoms with Crippen molar-refractivity contribution >= 4 is 62.2 Å². The van der Waals surface area contributed by atoms with E-state index < -0.39 is 0 Å². The number of hydrogen-bond acceptors (Lipinski definition) is 6. The molecule has 2 aromatic carbocycles. The molecule has 3 N–H and O–H groups in total. The molecule has 0 aliphatic heterocycles. The number of aromatic nitrogens is 1. The van der Waals surface area contributed by atoms with Crippen LogP contribution < -0.4 is 5.73 Å². The Morgan fingerprint density at radius 3 is 2.75 bits per heavy atom. The first-order valence-corrected chi connectivity index (χ1v) is 11.5. The molecule has 5 aromatic rings. The molecule has 0 spiro atoms. The molecular weight excluding hydrogens is 406 g/mol. The second kappa shape index (κ2) is 6.77. The molecule has 138 valence electrons. The van der Waals surface area contributed by atoms with E-state index in [0.717, 1.165) is 52.9 Å². The Labute approximate surface area is 173 Å². The minimum Gasteiger partial charge on any atom is -0.456 e. The third-order valence-corrected chi connectivity index (χ3v) is 7.74. The van der Waals surface area contributed by atoms with E-state index in [-0.39, 0.29) is 5.84 Å². The fraction of sp³-hybridized carbons (Fsp3) is 0.0476. The quantitative estimate of drug-likeness (QED) is 0.199. The first-order valence-electron chi connectivity index (χ1n) is 8.54. The van der Waals surface area contributed by atoms with Gasteiger partial charge in [-0.15, -0.1) is 34.4 Å². The van der Waals surface area contributed by atoms with Gasteiger partial charge in [0.15, 0.2) is 0 Å². The van der Waals surface area contributed by atoms with Crippen LogP contribution in [0.2, 0.25) is 0 Å². The number of fused-ring (bicyclic) bond motifs is 3. The number of amidine groups is 1. The van der Waals surface area contributed by atoms with Crippen molar-refractivity contribution < 1.29 is 4.42 Å². The summed E-state index contributed by atoms with van der Waals surface area (Å²) in [6, 6.07) is 16.3. The van der Waals surface area contributed by atoms with Crippen molar-refractivity contribution in [2.75, 3.05) is 6.26 Å². The van der Waals surface area contributed by atoms with Crippen LogP contribution in [0.25, 0.3) is 43.8 Å². The molecule has 0 radical (unpaired) electrons. The number of nitrogen functional groups attached to an aromatic ring is 1. The molecule has 7 heteroatoms. The van der Waals surface area contributed by atoms with Gasteiger partial charge in [0.25, 0.3) is 0 Å². The lowest BCUT2D eigenvalue weighted by Crippen LogP contribution is -2.08. The van der Waals surface area contributed by atoms with Crippen molar-refractivity contribution in [1.29, 1.82) is 5.41 Å². The molecule has 0 amide bonds. The van der Waals surface area contributed by atoms with Crippen LogP contribution >= 0.6 is 34.4 Å². The third kappa shape index (κ3) is 2.83. The monoisotopic (exact) mass is 421 g/mol. The molecule has 28 heavy (non-hydrogen) atoms. The summed E-state index contributed by atoms with van der Waals surface area (Å²) < 4.78 is 7.13. The van der Waals surface area contributed by atoms with Crippen molar-refractivity contribution in [3.63, 3.8) is 0 Å². The maximum Gasteiger partial charge on any atom is 0.136 e. The first-order chi connectivity index (χ1) is 13.6. The molecule has 0 aliphatic carbocycles. The largest absolute Gasteiger partial charge is 0.456 e. The average molecular weight is 422 g/mol. The topological polar surface area (TPSA) is 75.9 Å². The standard InChI is InChI=1S/C21H15N3OS3/c1-26-21-14(9-18(28-21)19(22)23)20-24-15(10-27-20)11-6-7-13-12-4-2-3-5-16(12)25-17(13)8-11/h2-10H,1H3,(H3,22,23). The summed E-state index contributed by atoms with van der Waals surface area (Å²) >= 11 is 4.80. The van der Waals surface area contributed by atoms with E-state index in [4.69, 9.17) is 20.5 Å². The molecule has 0 saturated carbocycles. The van der Waals surface area contributed by atoms with Crippen molar-refractivity contribution in [2.45, 2.75) is 4.21 Å². The molecule has 5 rings (SSSR count). The van der Waals surface area contributed by atoms with Crippen LogP contribution in [0.5, 0.6) is 0 Å². The van der Waals surface area contributed by atoms with Crippen LogP contribution in [-0.2, 0) is 0 Å². The maximum atomic E-state index is 7.70. The zero-order chi connectivity index (χ0) is 19.3. The summed E-state index contributed by atoms with van der Waals surface area (Å²) in [6.45, 7) is 0. The van der Waals surface area contributed by atoms with Crippen LogP contribution in [-0.4, -0.2) is 17.1 Å². The van der Waals surface area contributed by atoms with Crippen molar-refractivity contribution in [1.82, 2.24) is 4.98 Å². The number of nitrogens with zero attached hydrogens (tertiary/aromatic N) is 1. The number of para-hydroxylation sites is 1. The number of nitrogens with two attached hydrogens (primary N) is 1. The van der Waals surface area contributed by atoms with Gasteiger partial charge in [-0.05, 0) is 30.5 Å². The van der Waals surface area contributed by atoms with Gasteiger partial charge in [0.1, 0.15) is 22.0 Å². The Morgan fingerprint density at radius 1 is 1.11 bits per heavy atom. The number of nitrogens with one attached hydrogen (secondary N) is 1. The Kier molecular flexibility index (Phi) is 4.23. The van der Waals surface area contributed by atoms with E-state index in [9.17, 15) is 0 Å². The molecule has 0 unspecified atom stereocenters.